The van der Waals surface area contributed by atoms with Crippen molar-refractivity contribution in [1.29, 1.82) is 0 Å². The van der Waals surface area contributed by atoms with Crippen molar-refractivity contribution in [2.45, 2.75) is 46.0 Å². The first-order chi connectivity index (χ1) is 12.5. The van der Waals surface area contributed by atoms with Crippen LogP contribution in [0.1, 0.15) is 61.8 Å². The molecule has 0 saturated carbocycles. The average molecular weight is 488 g/mol. The Morgan fingerprint density at radius 3 is 2.07 bits per heavy atom. The zero-order valence-corrected chi connectivity index (χ0v) is 20.8. The SMILES string of the molecule is CC(C)c1ccc(C(C)C)c(-c2ccc3c([c]2[Zr+2])Cc2ccccc2-3)c1.[Cl-].[Cl-]. The third-order valence-electron chi connectivity index (χ3n) is 5.64. The van der Waals surface area contributed by atoms with E-state index in [1.807, 2.05) is 0 Å². The summed E-state index contributed by atoms with van der Waals surface area (Å²) in [6, 6.07) is 20.7. The first-order valence-electron chi connectivity index (χ1n) is 9.57. The fourth-order valence-corrected chi connectivity index (χ4v) is 5.19. The minimum Gasteiger partial charge on any atom is -1.00 e. The maximum atomic E-state index is 2.44. The summed E-state index contributed by atoms with van der Waals surface area (Å²) < 4.78 is 1.54. The van der Waals surface area contributed by atoms with Gasteiger partial charge in [0.2, 0.25) is 0 Å². The van der Waals surface area contributed by atoms with Crippen LogP contribution in [0.25, 0.3) is 22.3 Å². The molecule has 0 N–H and O–H groups in total. The van der Waals surface area contributed by atoms with Gasteiger partial charge in [-0.2, -0.15) is 0 Å². The fraction of sp³-hybridized carbons (Fsp3) is 0.280. The van der Waals surface area contributed by atoms with Crippen LogP contribution in [0.4, 0.5) is 0 Å². The summed E-state index contributed by atoms with van der Waals surface area (Å²) in [6.45, 7) is 9.18. The Balaban J connectivity index is 0.00000140. The normalized spacial score (nSPS) is 11.7. The van der Waals surface area contributed by atoms with E-state index >= 15 is 0 Å². The van der Waals surface area contributed by atoms with Crippen molar-refractivity contribution in [3.05, 3.63) is 76.9 Å². The molecule has 0 unspecified atom stereocenters. The van der Waals surface area contributed by atoms with E-state index in [1.54, 1.807) is 5.56 Å². The van der Waals surface area contributed by atoms with Crippen LogP contribution in [0.3, 0.4) is 0 Å². The van der Waals surface area contributed by atoms with Gasteiger partial charge in [-0.25, -0.2) is 0 Å². The van der Waals surface area contributed by atoms with Crippen LogP contribution in [0.2, 0.25) is 0 Å². The summed E-state index contributed by atoms with van der Waals surface area (Å²) in [4.78, 5) is 0. The first-order valence-corrected chi connectivity index (χ1v) is 10.8. The monoisotopic (exact) mass is 485 g/mol. The van der Waals surface area contributed by atoms with Crippen LogP contribution in [0.5, 0.6) is 0 Å². The molecule has 4 rings (SSSR count). The molecule has 0 nitrogen and oxygen atoms in total. The molecule has 1 aliphatic carbocycles. The van der Waals surface area contributed by atoms with E-state index in [-0.39, 0.29) is 24.8 Å². The molecule has 3 heteroatoms. The molecule has 0 saturated heterocycles. The summed E-state index contributed by atoms with van der Waals surface area (Å²) in [5, 5.41) is 0. The largest absolute Gasteiger partial charge is 1.00 e. The summed E-state index contributed by atoms with van der Waals surface area (Å²) in [6.07, 6.45) is 1.08. The van der Waals surface area contributed by atoms with E-state index in [0.717, 1.165) is 6.42 Å². The number of halogens is 2. The van der Waals surface area contributed by atoms with Crippen molar-refractivity contribution in [3.8, 4) is 22.3 Å². The molecule has 0 radical (unpaired) electrons. The number of hydrogen-bond donors (Lipinski definition) is 0. The molecule has 0 atom stereocenters. The molecule has 3 aromatic rings. The van der Waals surface area contributed by atoms with Gasteiger partial charge >= 0.3 is 173 Å². The topological polar surface area (TPSA) is 0 Å². The number of rotatable bonds is 3. The van der Waals surface area contributed by atoms with E-state index in [0.29, 0.717) is 11.8 Å². The van der Waals surface area contributed by atoms with Crippen LogP contribution in [0, 0.1) is 0 Å². The molecule has 1 aliphatic rings. The molecule has 0 bridgehead atoms. The smallest absolute Gasteiger partial charge is 1.00 e. The van der Waals surface area contributed by atoms with E-state index in [1.165, 1.54) is 66.9 Å². The molecular formula is C25H25Cl2Zr. The number of fused-ring (bicyclic) bond motifs is 3. The molecule has 0 fully saturated rings. The quantitative estimate of drug-likeness (QED) is 0.392. The Morgan fingerprint density at radius 2 is 1.39 bits per heavy atom. The average Bonchev–Trinajstić information content (AvgIpc) is 3.01. The van der Waals surface area contributed by atoms with Gasteiger partial charge < -0.3 is 24.8 Å². The molecule has 143 valence electrons. The molecule has 3 aromatic carbocycles. The maximum absolute atomic E-state index is 2.44. The van der Waals surface area contributed by atoms with Gasteiger partial charge in [-0.3, -0.25) is 0 Å². The standard InChI is InChI=1S/C25H25.2ClH.Zr/c1-16(2)18-9-11-22(17(3)4)25(15-18)20-10-12-24-21(14-20)13-19-7-5-6-8-23(19)24;;;/h5-12,15-17H,13H2,1-4H3;2*1H;/q;;;+2/p-2. The van der Waals surface area contributed by atoms with Crippen molar-refractivity contribution in [1.82, 2.24) is 0 Å². The van der Waals surface area contributed by atoms with E-state index in [9.17, 15) is 0 Å². The van der Waals surface area contributed by atoms with Crippen LogP contribution in [0.15, 0.2) is 54.6 Å². The minimum absolute atomic E-state index is 0. The van der Waals surface area contributed by atoms with E-state index < -0.39 is 0 Å². The van der Waals surface area contributed by atoms with E-state index in [4.69, 9.17) is 0 Å². The number of hydrogen-bond acceptors (Lipinski definition) is 0. The van der Waals surface area contributed by atoms with Crippen molar-refractivity contribution >= 4 is 3.27 Å². The van der Waals surface area contributed by atoms with Gasteiger partial charge in [0.25, 0.3) is 0 Å². The fourth-order valence-electron chi connectivity index (χ4n) is 4.11. The Kier molecular flexibility index (Phi) is 7.77. The van der Waals surface area contributed by atoms with E-state index in [2.05, 4.69) is 82.3 Å². The van der Waals surface area contributed by atoms with Gasteiger partial charge in [0.15, 0.2) is 0 Å². The molecule has 0 amide bonds. The first kappa shape index (κ1) is 23.4. The molecular weight excluding hydrogens is 462 g/mol. The van der Waals surface area contributed by atoms with Gasteiger partial charge in [-0.15, -0.1) is 0 Å². The second-order valence-electron chi connectivity index (χ2n) is 8.00. The zero-order chi connectivity index (χ0) is 18.4. The van der Waals surface area contributed by atoms with Crippen LogP contribution in [-0.2, 0) is 31.1 Å². The molecule has 28 heavy (non-hydrogen) atoms. The van der Waals surface area contributed by atoms with Crippen LogP contribution >= 0.6 is 0 Å². The molecule has 0 spiro atoms. The van der Waals surface area contributed by atoms with Crippen LogP contribution in [-0.4, -0.2) is 0 Å². The second-order valence-corrected chi connectivity index (χ2v) is 9.23. The van der Waals surface area contributed by atoms with Gasteiger partial charge in [-0.05, 0) is 0 Å². The molecule has 0 aliphatic heterocycles. The van der Waals surface area contributed by atoms with Gasteiger partial charge in [-0.1, -0.05) is 0 Å². The Bertz CT molecular complexity index is 990. The van der Waals surface area contributed by atoms with Crippen molar-refractivity contribution < 1.29 is 49.5 Å². The molecule has 0 heterocycles. The van der Waals surface area contributed by atoms with Crippen molar-refractivity contribution in [3.63, 3.8) is 0 Å². The Morgan fingerprint density at radius 1 is 0.714 bits per heavy atom. The van der Waals surface area contributed by atoms with Crippen molar-refractivity contribution in [2.75, 3.05) is 0 Å². The zero-order valence-electron chi connectivity index (χ0n) is 16.8. The van der Waals surface area contributed by atoms with Crippen molar-refractivity contribution in [2.24, 2.45) is 0 Å². The predicted molar refractivity (Wildman–Crippen MR) is 108 cm³/mol. The summed E-state index contributed by atoms with van der Waals surface area (Å²) in [5.41, 5.74) is 11.7. The number of benzene rings is 3. The summed E-state index contributed by atoms with van der Waals surface area (Å²) in [5.74, 6) is 1.09. The predicted octanol–water partition coefficient (Wildman–Crippen LogP) is 0.352. The van der Waals surface area contributed by atoms with Crippen LogP contribution < -0.4 is 28.1 Å². The maximum Gasteiger partial charge on any atom is -1.00 e. The second kappa shape index (κ2) is 9.29. The Labute approximate surface area is 196 Å². The van der Waals surface area contributed by atoms with Gasteiger partial charge in [0.1, 0.15) is 0 Å². The Hall–Kier alpha value is -0.877. The minimum atomic E-state index is 0. The molecule has 0 aromatic heterocycles. The summed E-state index contributed by atoms with van der Waals surface area (Å²) >= 11 is 1.51. The van der Waals surface area contributed by atoms with Gasteiger partial charge in [0, 0.05) is 0 Å². The third-order valence-corrected chi connectivity index (χ3v) is 7.05. The third kappa shape index (κ3) is 4.04. The summed E-state index contributed by atoms with van der Waals surface area (Å²) in [7, 11) is 0. The van der Waals surface area contributed by atoms with Gasteiger partial charge in [0.05, 0.1) is 0 Å².